The van der Waals surface area contributed by atoms with Crippen LogP contribution in [0.15, 0.2) is 48.7 Å². The third kappa shape index (κ3) is 4.41. The molecule has 2 aromatic rings. The Balaban J connectivity index is 2.08. The lowest BCUT2D eigenvalue weighted by atomic mass is 9.92. The molecule has 1 aromatic heterocycles. The minimum atomic E-state index is -0.917. The van der Waals surface area contributed by atoms with Gasteiger partial charge in [-0.1, -0.05) is 30.3 Å². The number of carboxylic acid groups (broad SMARTS) is 1. The molecule has 114 valence electrons. The van der Waals surface area contributed by atoms with Crippen LogP contribution in [-0.4, -0.2) is 22.0 Å². The minimum Gasteiger partial charge on any atom is -0.481 e. The molecule has 5 nitrogen and oxygen atoms in total. The van der Waals surface area contributed by atoms with E-state index in [0.29, 0.717) is 5.69 Å². The molecular formula is C17H18N2O3. The quantitative estimate of drug-likeness (QED) is 0.859. The number of carbonyl (C=O) groups excluding carboxylic acids is 1. The maximum Gasteiger partial charge on any atom is 0.303 e. The van der Waals surface area contributed by atoms with E-state index in [2.05, 4.69) is 10.3 Å². The summed E-state index contributed by atoms with van der Waals surface area (Å²) in [5.41, 5.74) is 2.22. The highest BCUT2D eigenvalue weighted by Gasteiger charge is 2.19. The van der Waals surface area contributed by atoms with Crippen LogP contribution in [0.4, 0.5) is 5.69 Å². The Bertz CT molecular complexity index is 656. The molecule has 22 heavy (non-hydrogen) atoms. The molecular weight excluding hydrogens is 280 g/mol. The number of hydrogen-bond donors (Lipinski definition) is 2. The van der Waals surface area contributed by atoms with Gasteiger partial charge in [-0.2, -0.15) is 0 Å². The van der Waals surface area contributed by atoms with Crippen molar-refractivity contribution in [2.45, 2.75) is 25.7 Å². The number of pyridine rings is 1. The monoisotopic (exact) mass is 298 g/mol. The first kappa shape index (κ1) is 15.7. The van der Waals surface area contributed by atoms with Crippen LogP contribution in [0, 0.1) is 6.92 Å². The van der Waals surface area contributed by atoms with E-state index in [-0.39, 0.29) is 24.7 Å². The van der Waals surface area contributed by atoms with Gasteiger partial charge in [-0.15, -0.1) is 0 Å². The lowest BCUT2D eigenvalue weighted by Crippen LogP contribution is -2.18. The highest BCUT2D eigenvalue weighted by molar-refractivity contribution is 5.92. The maximum absolute atomic E-state index is 12.2. The second-order valence-corrected chi connectivity index (χ2v) is 5.09. The molecule has 0 radical (unpaired) electrons. The van der Waals surface area contributed by atoms with Crippen LogP contribution in [0.3, 0.4) is 0 Å². The molecule has 0 saturated heterocycles. The van der Waals surface area contributed by atoms with E-state index >= 15 is 0 Å². The first-order valence-electron chi connectivity index (χ1n) is 7.04. The van der Waals surface area contributed by atoms with Crippen LogP contribution in [0.25, 0.3) is 0 Å². The summed E-state index contributed by atoms with van der Waals surface area (Å²) >= 11 is 0. The van der Waals surface area contributed by atoms with Gasteiger partial charge in [0.25, 0.3) is 0 Å². The molecule has 0 aliphatic rings. The molecule has 0 aliphatic carbocycles. The molecule has 0 saturated carbocycles. The van der Waals surface area contributed by atoms with Crippen LogP contribution in [0.1, 0.15) is 30.0 Å². The molecule has 1 atom stereocenters. The molecule has 2 rings (SSSR count). The molecule has 0 spiro atoms. The summed E-state index contributed by atoms with van der Waals surface area (Å²) in [4.78, 5) is 27.3. The third-order valence-corrected chi connectivity index (χ3v) is 3.40. The zero-order valence-electron chi connectivity index (χ0n) is 12.3. The SMILES string of the molecule is Cc1ncccc1NC(=O)C[C@@H](CC(=O)O)c1ccccc1. The third-order valence-electron chi connectivity index (χ3n) is 3.40. The second kappa shape index (κ2) is 7.36. The smallest absolute Gasteiger partial charge is 0.303 e. The number of carbonyl (C=O) groups is 2. The zero-order chi connectivity index (χ0) is 15.9. The number of carboxylic acids is 1. The van der Waals surface area contributed by atoms with Gasteiger partial charge >= 0.3 is 5.97 Å². The van der Waals surface area contributed by atoms with Crippen molar-refractivity contribution in [1.82, 2.24) is 4.98 Å². The molecule has 1 heterocycles. The summed E-state index contributed by atoms with van der Waals surface area (Å²) in [6, 6.07) is 12.7. The summed E-state index contributed by atoms with van der Waals surface area (Å²) in [6.07, 6.45) is 1.69. The van der Waals surface area contributed by atoms with Crippen LogP contribution in [0.2, 0.25) is 0 Å². The lowest BCUT2D eigenvalue weighted by Gasteiger charge is -2.15. The van der Waals surface area contributed by atoms with Gasteiger partial charge in [0, 0.05) is 18.5 Å². The second-order valence-electron chi connectivity index (χ2n) is 5.09. The maximum atomic E-state index is 12.2. The van der Waals surface area contributed by atoms with Crippen LogP contribution >= 0.6 is 0 Å². The van der Waals surface area contributed by atoms with Gasteiger partial charge in [0.05, 0.1) is 17.8 Å². The van der Waals surface area contributed by atoms with Crippen LogP contribution in [-0.2, 0) is 9.59 Å². The number of amides is 1. The number of anilines is 1. The highest BCUT2D eigenvalue weighted by atomic mass is 16.4. The van der Waals surface area contributed by atoms with Crippen LogP contribution in [0.5, 0.6) is 0 Å². The Morgan fingerprint density at radius 1 is 1.14 bits per heavy atom. The van der Waals surface area contributed by atoms with Crippen molar-refractivity contribution in [2.24, 2.45) is 0 Å². The van der Waals surface area contributed by atoms with E-state index in [1.54, 1.807) is 18.3 Å². The van der Waals surface area contributed by atoms with Gasteiger partial charge in [0.1, 0.15) is 0 Å². The molecule has 2 N–H and O–H groups in total. The fraction of sp³-hybridized carbons (Fsp3) is 0.235. The average Bonchev–Trinajstić information content (AvgIpc) is 2.49. The number of benzene rings is 1. The molecule has 5 heteroatoms. The Hall–Kier alpha value is -2.69. The van der Waals surface area contributed by atoms with Crippen molar-refractivity contribution in [3.63, 3.8) is 0 Å². The van der Waals surface area contributed by atoms with Crippen molar-refractivity contribution in [1.29, 1.82) is 0 Å². The fourth-order valence-electron chi connectivity index (χ4n) is 2.29. The van der Waals surface area contributed by atoms with Gasteiger partial charge in [0.2, 0.25) is 5.91 Å². The topological polar surface area (TPSA) is 79.3 Å². The Morgan fingerprint density at radius 3 is 2.50 bits per heavy atom. The number of aryl methyl sites for hydroxylation is 1. The molecule has 0 bridgehead atoms. The van der Waals surface area contributed by atoms with E-state index in [1.165, 1.54) is 0 Å². The Morgan fingerprint density at radius 2 is 1.86 bits per heavy atom. The van der Waals surface area contributed by atoms with Crippen molar-refractivity contribution < 1.29 is 14.7 Å². The van der Waals surface area contributed by atoms with E-state index in [1.807, 2.05) is 37.3 Å². The number of aliphatic carboxylic acids is 1. The first-order chi connectivity index (χ1) is 10.6. The molecule has 1 aromatic carbocycles. The normalized spacial score (nSPS) is 11.7. The number of rotatable bonds is 6. The largest absolute Gasteiger partial charge is 0.481 e. The Labute approximate surface area is 129 Å². The number of hydrogen-bond acceptors (Lipinski definition) is 3. The van der Waals surface area contributed by atoms with Crippen molar-refractivity contribution in [3.8, 4) is 0 Å². The predicted octanol–water partition coefficient (Wildman–Crippen LogP) is 2.98. The van der Waals surface area contributed by atoms with Crippen molar-refractivity contribution in [3.05, 3.63) is 59.9 Å². The predicted molar refractivity (Wildman–Crippen MR) is 83.7 cm³/mol. The van der Waals surface area contributed by atoms with E-state index < -0.39 is 5.97 Å². The molecule has 0 fully saturated rings. The standard InChI is InChI=1S/C17H18N2O3/c1-12-15(8-5-9-18-12)19-16(20)10-14(11-17(21)22)13-6-3-2-4-7-13/h2-9,14H,10-11H2,1H3,(H,19,20)(H,21,22)/t14-/m0/s1. The number of aromatic nitrogens is 1. The summed E-state index contributed by atoms with van der Waals surface area (Å²) < 4.78 is 0. The molecule has 1 amide bonds. The van der Waals surface area contributed by atoms with Gasteiger partial charge < -0.3 is 10.4 Å². The van der Waals surface area contributed by atoms with Gasteiger partial charge in [0.15, 0.2) is 0 Å². The van der Waals surface area contributed by atoms with Crippen LogP contribution < -0.4 is 5.32 Å². The number of nitrogens with one attached hydrogen (secondary N) is 1. The van der Waals surface area contributed by atoms with Gasteiger partial charge in [-0.25, -0.2) is 0 Å². The Kier molecular flexibility index (Phi) is 5.25. The fourth-order valence-corrected chi connectivity index (χ4v) is 2.29. The first-order valence-corrected chi connectivity index (χ1v) is 7.04. The highest BCUT2D eigenvalue weighted by Crippen LogP contribution is 2.24. The summed E-state index contributed by atoms with van der Waals surface area (Å²) in [5.74, 6) is -1.49. The summed E-state index contributed by atoms with van der Waals surface area (Å²) in [7, 11) is 0. The van der Waals surface area contributed by atoms with E-state index in [4.69, 9.17) is 5.11 Å². The summed E-state index contributed by atoms with van der Waals surface area (Å²) in [5, 5.41) is 11.8. The van der Waals surface area contributed by atoms with Crippen molar-refractivity contribution in [2.75, 3.05) is 5.32 Å². The van der Waals surface area contributed by atoms with E-state index in [0.717, 1.165) is 11.3 Å². The lowest BCUT2D eigenvalue weighted by molar-refractivity contribution is -0.137. The molecule has 0 aliphatic heterocycles. The van der Waals surface area contributed by atoms with E-state index in [9.17, 15) is 9.59 Å². The zero-order valence-corrected chi connectivity index (χ0v) is 12.3. The van der Waals surface area contributed by atoms with Gasteiger partial charge in [-0.3, -0.25) is 14.6 Å². The van der Waals surface area contributed by atoms with Crippen molar-refractivity contribution >= 4 is 17.6 Å². The minimum absolute atomic E-state index is 0.0799. The average molecular weight is 298 g/mol. The van der Waals surface area contributed by atoms with Gasteiger partial charge in [-0.05, 0) is 24.6 Å². The molecule has 0 unspecified atom stereocenters. The summed E-state index contributed by atoms with van der Waals surface area (Å²) in [6.45, 7) is 1.81. The number of nitrogens with zero attached hydrogens (tertiary/aromatic N) is 1.